The molecule has 160 valence electrons. The summed E-state index contributed by atoms with van der Waals surface area (Å²) in [5.74, 6) is 1.45. The number of rotatable bonds is 5. The Morgan fingerprint density at radius 3 is 2.35 bits per heavy atom. The molecule has 0 aliphatic carbocycles. The van der Waals surface area contributed by atoms with E-state index in [2.05, 4.69) is 14.8 Å². The van der Waals surface area contributed by atoms with Crippen molar-refractivity contribution in [3.8, 4) is 11.4 Å². The van der Waals surface area contributed by atoms with Crippen LogP contribution in [0.25, 0.3) is 11.4 Å². The van der Waals surface area contributed by atoms with E-state index >= 15 is 0 Å². The Balaban J connectivity index is 1.34. The number of carbonyl (C=O) groups is 1. The van der Waals surface area contributed by atoms with E-state index in [-0.39, 0.29) is 35.1 Å². The summed E-state index contributed by atoms with van der Waals surface area (Å²) in [7, 11) is -3.48. The van der Waals surface area contributed by atoms with Crippen molar-refractivity contribution in [3.05, 3.63) is 66.5 Å². The number of sulfone groups is 1. The minimum Gasteiger partial charge on any atom is -0.334 e. The summed E-state index contributed by atoms with van der Waals surface area (Å²) in [4.78, 5) is 15.3. The van der Waals surface area contributed by atoms with Crippen molar-refractivity contribution in [2.45, 2.75) is 49.2 Å². The molecule has 2 atom stereocenters. The average molecular weight is 437 g/mol. The Morgan fingerprint density at radius 2 is 1.61 bits per heavy atom. The Kier molecular flexibility index (Phi) is 5.09. The molecule has 1 aromatic heterocycles. The van der Waals surface area contributed by atoms with Crippen molar-refractivity contribution in [1.82, 2.24) is 19.7 Å². The molecule has 7 nitrogen and oxygen atoms in total. The second-order valence-electron chi connectivity index (χ2n) is 8.19. The average Bonchev–Trinajstić information content (AvgIpc) is 3.32. The van der Waals surface area contributed by atoms with Gasteiger partial charge in [0.1, 0.15) is 5.82 Å². The van der Waals surface area contributed by atoms with Gasteiger partial charge in [0, 0.05) is 31.0 Å². The molecule has 0 N–H and O–H groups in total. The van der Waals surface area contributed by atoms with Crippen LogP contribution >= 0.6 is 0 Å². The molecule has 1 amide bonds. The number of carbonyl (C=O) groups excluding carboxylic acids is 1. The van der Waals surface area contributed by atoms with E-state index in [1.165, 1.54) is 0 Å². The minimum atomic E-state index is -3.48. The van der Waals surface area contributed by atoms with Crippen LogP contribution in [0.15, 0.2) is 65.6 Å². The van der Waals surface area contributed by atoms with E-state index in [0.29, 0.717) is 13.0 Å². The van der Waals surface area contributed by atoms with Crippen molar-refractivity contribution in [1.29, 1.82) is 0 Å². The van der Waals surface area contributed by atoms with Crippen LogP contribution in [0.4, 0.5) is 0 Å². The second-order valence-corrected chi connectivity index (χ2v) is 10.3. The molecule has 3 heterocycles. The van der Waals surface area contributed by atoms with E-state index in [1.807, 2.05) is 35.2 Å². The Labute approximate surface area is 181 Å². The molecule has 3 aromatic rings. The van der Waals surface area contributed by atoms with E-state index in [4.69, 9.17) is 0 Å². The third kappa shape index (κ3) is 3.76. The highest BCUT2D eigenvalue weighted by atomic mass is 32.2. The van der Waals surface area contributed by atoms with Gasteiger partial charge in [-0.2, -0.15) is 0 Å². The van der Waals surface area contributed by atoms with Crippen LogP contribution in [-0.2, 0) is 27.6 Å². The van der Waals surface area contributed by atoms with Crippen LogP contribution in [0.3, 0.4) is 0 Å². The molecule has 0 spiro atoms. The molecular weight excluding hydrogens is 412 g/mol. The van der Waals surface area contributed by atoms with Gasteiger partial charge in [0.05, 0.1) is 16.7 Å². The van der Waals surface area contributed by atoms with Crippen LogP contribution in [0, 0.1) is 0 Å². The van der Waals surface area contributed by atoms with Gasteiger partial charge in [-0.05, 0) is 25.0 Å². The largest absolute Gasteiger partial charge is 0.334 e. The maximum absolute atomic E-state index is 13.1. The predicted molar refractivity (Wildman–Crippen MR) is 116 cm³/mol. The van der Waals surface area contributed by atoms with Gasteiger partial charge in [0.2, 0.25) is 5.91 Å². The van der Waals surface area contributed by atoms with Crippen molar-refractivity contribution in [2.24, 2.45) is 0 Å². The molecular formula is C23H24N4O3S. The fourth-order valence-electron chi connectivity index (χ4n) is 4.74. The lowest BCUT2D eigenvalue weighted by molar-refractivity contribution is -0.133. The summed E-state index contributed by atoms with van der Waals surface area (Å²) < 4.78 is 27.3. The summed E-state index contributed by atoms with van der Waals surface area (Å²) in [5, 5.41) is 8.82. The Bertz CT molecular complexity index is 1190. The van der Waals surface area contributed by atoms with Crippen molar-refractivity contribution in [3.63, 3.8) is 0 Å². The monoisotopic (exact) mass is 436 g/mol. The summed E-state index contributed by atoms with van der Waals surface area (Å²) in [6.45, 7) is 0.639. The van der Waals surface area contributed by atoms with Gasteiger partial charge in [0.15, 0.2) is 15.7 Å². The highest BCUT2D eigenvalue weighted by Gasteiger charge is 2.41. The number of benzene rings is 2. The van der Waals surface area contributed by atoms with Crippen LogP contribution in [0.2, 0.25) is 0 Å². The lowest BCUT2D eigenvalue weighted by Gasteiger charge is -2.28. The molecule has 2 aliphatic rings. The molecule has 1 saturated heterocycles. The molecule has 2 aliphatic heterocycles. The van der Waals surface area contributed by atoms with Gasteiger partial charge >= 0.3 is 0 Å². The fraction of sp³-hybridized carbons (Fsp3) is 0.348. The zero-order chi connectivity index (χ0) is 21.4. The third-order valence-electron chi connectivity index (χ3n) is 6.27. The first-order valence-electron chi connectivity index (χ1n) is 10.6. The third-order valence-corrected chi connectivity index (χ3v) is 8.00. The summed E-state index contributed by atoms with van der Waals surface area (Å²) >= 11 is 0. The normalized spacial score (nSPS) is 20.3. The summed E-state index contributed by atoms with van der Waals surface area (Å²) in [6, 6.07) is 18.4. The van der Waals surface area contributed by atoms with Crippen molar-refractivity contribution >= 4 is 15.7 Å². The lowest BCUT2D eigenvalue weighted by atomic mass is 10.1. The number of fused-ring (bicyclic) bond motifs is 3. The first-order chi connectivity index (χ1) is 15.0. The molecule has 2 bridgehead atoms. The van der Waals surface area contributed by atoms with Crippen LogP contribution in [0.5, 0.6) is 0 Å². The van der Waals surface area contributed by atoms with Crippen LogP contribution in [-0.4, -0.2) is 51.8 Å². The zero-order valence-corrected chi connectivity index (χ0v) is 17.9. The van der Waals surface area contributed by atoms with Crippen LogP contribution in [0.1, 0.15) is 25.1 Å². The summed E-state index contributed by atoms with van der Waals surface area (Å²) in [5.41, 5.74) is 1.01. The molecule has 0 radical (unpaired) electrons. The minimum absolute atomic E-state index is 0.00364. The predicted octanol–water partition coefficient (Wildman–Crippen LogP) is 2.72. The molecule has 5 rings (SSSR count). The van der Waals surface area contributed by atoms with Gasteiger partial charge in [-0.15, -0.1) is 10.2 Å². The van der Waals surface area contributed by atoms with Crippen molar-refractivity contribution in [2.75, 3.05) is 5.75 Å². The highest BCUT2D eigenvalue weighted by molar-refractivity contribution is 7.91. The number of hydrogen-bond acceptors (Lipinski definition) is 5. The standard InChI is InChI=1S/C23H24N4O3S/c28-22(13-14-31(29,30)20-9-5-2-6-10-20)27-18-11-12-19(27)16-26-21(15-18)24-25-23(26)17-7-3-1-4-8-17/h1-10,18-19H,11-16H2/t18-,19+/m0/s1. The van der Waals surface area contributed by atoms with Gasteiger partial charge in [0.25, 0.3) is 0 Å². The molecule has 2 aromatic carbocycles. The number of aromatic nitrogens is 3. The van der Waals surface area contributed by atoms with E-state index < -0.39 is 9.84 Å². The topological polar surface area (TPSA) is 85.2 Å². The van der Waals surface area contributed by atoms with Gasteiger partial charge in [-0.3, -0.25) is 4.79 Å². The Morgan fingerprint density at radius 1 is 0.935 bits per heavy atom. The number of nitrogens with zero attached hydrogens (tertiary/aromatic N) is 4. The molecule has 0 unspecified atom stereocenters. The van der Waals surface area contributed by atoms with Crippen LogP contribution < -0.4 is 0 Å². The van der Waals surface area contributed by atoms with Gasteiger partial charge in [-0.1, -0.05) is 48.5 Å². The smallest absolute Gasteiger partial charge is 0.224 e. The molecule has 8 heteroatoms. The molecule has 1 fully saturated rings. The second kappa shape index (κ2) is 7.92. The number of hydrogen-bond donors (Lipinski definition) is 0. The van der Waals surface area contributed by atoms with E-state index in [1.54, 1.807) is 30.3 Å². The highest BCUT2D eigenvalue weighted by Crippen LogP contribution is 2.33. The van der Waals surface area contributed by atoms with Gasteiger partial charge < -0.3 is 9.47 Å². The quantitative estimate of drug-likeness (QED) is 0.614. The first-order valence-corrected chi connectivity index (χ1v) is 12.2. The maximum atomic E-state index is 13.1. The summed E-state index contributed by atoms with van der Waals surface area (Å²) in [6.07, 6.45) is 2.47. The molecule has 0 saturated carbocycles. The Hall–Kier alpha value is -3.00. The fourth-order valence-corrected chi connectivity index (χ4v) is 6.00. The van der Waals surface area contributed by atoms with Gasteiger partial charge in [-0.25, -0.2) is 8.42 Å². The SMILES string of the molecule is O=C(CCS(=O)(=O)c1ccccc1)N1[C@@H]2CC[C@H]1Cc1nnc(-c3ccccc3)n1C2. The van der Waals surface area contributed by atoms with E-state index in [9.17, 15) is 13.2 Å². The number of amides is 1. The molecule has 31 heavy (non-hydrogen) atoms. The van der Waals surface area contributed by atoms with E-state index in [0.717, 1.165) is 30.1 Å². The van der Waals surface area contributed by atoms with Crippen molar-refractivity contribution < 1.29 is 13.2 Å². The maximum Gasteiger partial charge on any atom is 0.224 e. The lowest BCUT2D eigenvalue weighted by Crippen LogP contribution is -2.42. The first kappa shape index (κ1) is 19.9. The zero-order valence-electron chi connectivity index (χ0n) is 17.1.